The van der Waals surface area contributed by atoms with E-state index >= 15 is 0 Å². The topological polar surface area (TPSA) is 92.5 Å². The van der Waals surface area contributed by atoms with E-state index in [1.807, 2.05) is 19.1 Å². The quantitative estimate of drug-likeness (QED) is 0.569. The standard InChI is InChI=1S/C24H27N5O2S/c1-13-2-5-18-21(25)22(32-24(18)27-13)23(30)28-16-8-14-3-4-17(9-20(14)31-12-16)29-7-6-15-10-26-11-19(15)29/h2-5,9,15-16,19,26H,6-8,10-12,25H2,1H3,(H,28,30)/t15-,16-,19+/m1/s1. The molecule has 0 unspecified atom stereocenters. The number of carbonyl (C=O) groups is 1. The smallest absolute Gasteiger partial charge is 0.263 e. The minimum absolute atomic E-state index is 0.0876. The van der Waals surface area contributed by atoms with Crippen LogP contribution in [0.3, 0.4) is 0 Å². The molecule has 0 saturated carbocycles. The predicted molar refractivity (Wildman–Crippen MR) is 128 cm³/mol. The first-order valence-electron chi connectivity index (χ1n) is 11.3. The van der Waals surface area contributed by atoms with Crippen molar-refractivity contribution in [2.45, 2.75) is 31.8 Å². The van der Waals surface area contributed by atoms with Crippen LogP contribution in [0, 0.1) is 12.8 Å². The van der Waals surface area contributed by atoms with Gasteiger partial charge in [-0.2, -0.15) is 0 Å². The number of nitrogens with zero attached hydrogens (tertiary/aromatic N) is 2. The SMILES string of the molecule is Cc1ccc2c(N)c(C(=O)N[C@H]3COc4cc(N5CC[C@@H]6CNC[C@@H]65)ccc4C3)sc2n1. The number of carbonyl (C=O) groups excluding carboxylic acids is 1. The number of aryl methyl sites for hydroxylation is 1. The van der Waals surface area contributed by atoms with Crippen molar-refractivity contribution in [3.63, 3.8) is 0 Å². The lowest BCUT2D eigenvalue weighted by atomic mass is 10.0. The Hall–Kier alpha value is -2.84. The fourth-order valence-electron chi connectivity index (χ4n) is 5.31. The van der Waals surface area contributed by atoms with Gasteiger partial charge in [-0.3, -0.25) is 4.79 Å². The van der Waals surface area contributed by atoms with Gasteiger partial charge < -0.3 is 26.0 Å². The van der Waals surface area contributed by atoms with Gasteiger partial charge in [0.2, 0.25) is 0 Å². The van der Waals surface area contributed by atoms with Crippen LogP contribution in [0.25, 0.3) is 10.2 Å². The van der Waals surface area contributed by atoms with E-state index in [0.717, 1.165) is 59.2 Å². The highest BCUT2D eigenvalue weighted by Crippen LogP contribution is 2.36. The van der Waals surface area contributed by atoms with Gasteiger partial charge in [-0.25, -0.2) is 4.98 Å². The average Bonchev–Trinajstić information content (AvgIpc) is 3.48. The highest BCUT2D eigenvalue weighted by atomic mass is 32.1. The van der Waals surface area contributed by atoms with E-state index in [9.17, 15) is 4.79 Å². The van der Waals surface area contributed by atoms with Gasteiger partial charge in [0, 0.05) is 48.5 Å². The number of anilines is 2. The van der Waals surface area contributed by atoms with Crippen molar-refractivity contribution in [1.82, 2.24) is 15.6 Å². The average molecular weight is 450 g/mol. The number of nitrogens with one attached hydrogen (secondary N) is 2. The third kappa shape index (κ3) is 3.29. The van der Waals surface area contributed by atoms with Crippen LogP contribution < -0.4 is 26.0 Å². The van der Waals surface area contributed by atoms with E-state index in [4.69, 9.17) is 10.5 Å². The minimum atomic E-state index is -0.159. The molecule has 0 radical (unpaired) electrons. The zero-order valence-corrected chi connectivity index (χ0v) is 18.9. The van der Waals surface area contributed by atoms with E-state index in [-0.39, 0.29) is 11.9 Å². The maximum atomic E-state index is 13.0. The second-order valence-corrected chi connectivity index (χ2v) is 10.1. The third-order valence-corrected chi connectivity index (χ3v) is 8.12. The number of fused-ring (bicyclic) bond motifs is 3. The van der Waals surface area contributed by atoms with E-state index in [1.54, 1.807) is 0 Å². The summed E-state index contributed by atoms with van der Waals surface area (Å²) in [6, 6.07) is 10.9. The largest absolute Gasteiger partial charge is 0.491 e. The van der Waals surface area contributed by atoms with Gasteiger partial charge >= 0.3 is 0 Å². The summed E-state index contributed by atoms with van der Waals surface area (Å²) in [5, 5.41) is 7.46. The summed E-state index contributed by atoms with van der Waals surface area (Å²) < 4.78 is 6.09. The van der Waals surface area contributed by atoms with E-state index in [2.05, 4.69) is 38.7 Å². The molecule has 3 aliphatic heterocycles. The lowest BCUT2D eigenvalue weighted by molar-refractivity contribution is 0.0920. The van der Waals surface area contributed by atoms with Gasteiger partial charge in [-0.05, 0) is 49.4 Å². The van der Waals surface area contributed by atoms with Crippen LogP contribution >= 0.6 is 11.3 Å². The lowest BCUT2D eigenvalue weighted by Gasteiger charge is -2.30. The molecule has 8 heteroatoms. The minimum Gasteiger partial charge on any atom is -0.491 e. The molecule has 5 heterocycles. The normalized spacial score (nSPS) is 24.3. The van der Waals surface area contributed by atoms with Crippen molar-refractivity contribution in [1.29, 1.82) is 0 Å². The lowest BCUT2D eigenvalue weighted by Crippen LogP contribution is -2.42. The van der Waals surface area contributed by atoms with Gasteiger partial charge in [0.15, 0.2) is 0 Å². The Balaban J connectivity index is 1.17. The molecule has 3 aromatic rings. The molecule has 2 fully saturated rings. The third-order valence-electron chi connectivity index (χ3n) is 7.01. The second-order valence-electron chi connectivity index (χ2n) is 9.10. The summed E-state index contributed by atoms with van der Waals surface area (Å²) in [7, 11) is 0. The first-order valence-corrected chi connectivity index (χ1v) is 12.1. The highest BCUT2D eigenvalue weighted by Gasteiger charge is 2.38. The van der Waals surface area contributed by atoms with Gasteiger partial charge in [0.05, 0.1) is 11.7 Å². The molecule has 2 aromatic heterocycles. The Morgan fingerprint density at radius 2 is 2.22 bits per heavy atom. The van der Waals surface area contributed by atoms with Crippen LogP contribution in [0.5, 0.6) is 5.75 Å². The van der Waals surface area contributed by atoms with Crippen molar-refractivity contribution in [2.75, 3.05) is 36.9 Å². The molecular weight excluding hydrogens is 422 g/mol. The Morgan fingerprint density at radius 1 is 1.31 bits per heavy atom. The molecule has 2 saturated heterocycles. The molecule has 6 rings (SSSR count). The number of hydrogen-bond acceptors (Lipinski definition) is 7. The van der Waals surface area contributed by atoms with Gasteiger partial charge in [-0.1, -0.05) is 6.07 Å². The van der Waals surface area contributed by atoms with Gasteiger partial charge in [-0.15, -0.1) is 11.3 Å². The summed E-state index contributed by atoms with van der Waals surface area (Å²) in [6.07, 6.45) is 2.00. The summed E-state index contributed by atoms with van der Waals surface area (Å²) in [6.45, 7) is 5.69. The molecule has 1 amide bonds. The molecule has 3 aliphatic rings. The summed E-state index contributed by atoms with van der Waals surface area (Å²) in [4.78, 5) is 21.3. The van der Waals surface area contributed by atoms with Crippen molar-refractivity contribution >= 4 is 38.8 Å². The van der Waals surface area contributed by atoms with Gasteiger partial charge in [0.25, 0.3) is 5.91 Å². The molecule has 166 valence electrons. The number of rotatable bonds is 3. The van der Waals surface area contributed by atoms with E-state index in [1.165, 1.54) is 23.4 Å². The Labute approximate surface area is 191 Å². The Kier molecular flexibility index (Phi) is 4.73. The van der Waals surface area contributed by atoms with Crippen LogP contribution in [-0.2, 0) is 6.42 Å². The number of ether oxygens (including phenoxy) is 1. The fourth-order valence-corrected chi connectivity index (χ4v) is 6.35. The van der Waals surface area contributed by atoms with Crippen LogP contribution in [0.2, 0.25) is 0 Å². The number of amides is 1. The summed E-state index contributed by atoms with van der Waals surface area (Å²) in [5.74, 6) is 1.53. The zero-order chi connectivity index (χ0) is 21.8. The van der Waals surface area contributed by atoms with Crippen molar-refractivity contribution in [3.05, 3.63) is 46.5 Å². The molecule has 7 nitrogen and oxygen atoms in total. The Morgan fingerprint density at radius 3 is 3.12 bits per heavy atom. The number of nitrogens with two attached hydrogens (primary N) is 1. The summed E-state index contributed by atoms with van der Waals surface area (Å²) >= 11 is 1.34. The number of nitrogen functional groups attached to an aromatic ring is 1. The van der Waals surface area contributed by atoms with Crippen molar-refractivity contribution < 1.29 is 9.53 Å². The zero-order valence-electron chi connectivity index (χ0n) is 18.1. The van der Waals surface area contributed by atoms with Crippen LogP contribution in [0.1, 0.15) is 27.3 Å². The van der Waals surface area contributed by atoms with E-state index < -0.39 is 0 Å². The Bertz CT molecular complexity index is 1210. The molecule has 0 bridgehead atoms. The number of thiophene rings is 1. The maximum Gasteiger partial charge on any atom is 0.263 e. The fraction of sp³-hybridized carbons (Fsp3) is 0.417. The van der Waals surface area contributed by atoms with Crippen molar-refractivity contribution in [3.8, 4) is 5.75 Å². The molecule has 0 aliphatic carbocycles. The number of hydrogen-bond donors (Lipinski definition) is 3. The molecule has 1 aromatic carbocycles. The van der Waals surface area contributed by atoms with Crippen molar-refractivity contribution in [2.24, 2.45) is 5.92 Å². The first kappa shape index (κ1) is 19.8. The number of aromatic nitrogens is 1. The monoisotopic (exact) mass is 449 g/mol. The predicted octanol–water partition coefficient (Wildman–Crippen LogP) is 2.72. The van der Waals surface area contributed by atoms with Crippen LogP contribution in [0.15, 0.2) is 30.3 Å². The van der Waals surface area contributed by atoms with E-state index in [0.29, 0.717) is 23.2 Å². The molecule has 0 spiro atoms. The summed E-state index contributed by atoms with van der Waals surface area (Å²) in [5.41, 5.74) is 10.0. The first-order chi connectivity index (χ1) is 15.6. The van der Waals surface area contributed by atoms with Crippen LogP contribution in [-0.4, -0.2) is 49.2 Å². The highest BCUT2D eigenvalue weighted by molar-refractivity contribution is 7.21. The molecule has 3 atom stereocenters. The van der Waals surface area contributed by atoms with Crippen LogP contribution in [0.4, 0.5) is 11.4 Å². The van der Waals surface area contributed by atoms with Gasteiger partial charge in [0.1, 0.15) is 22.1 Å². The second kappa shape index (κ2) is 7.64. The molecular formula is C24H27N5O2S. The number of pyridine rings is 1. The maximum absolute atomic E-state index is 13.0. The molecule has 32 heavy (non-hydrogen) atoms. The molecule has 4 N–H and O–H groups in total. The number of benzene rings is 1.